The molecule has 4 rings (SSSR count). The molecule has 0 amide bonds. The molecule has 0 saturated heterocycles. The lowest BCUT2D eigenvalue weighted by Gasteiger charge is -2.38. The molecule has 0 unspecified atom stereocenters. The number of rotatable bonds is 4. The van der Waals surface area contributed by atoms with Crippen molar-refractivity contribution in [3.8, 4) is 0 Å². The van der Waals surface area contributed by atoms with Gasteiger partial charge in [0.2, 0.25) is 0 Å². The Balaban J connectivity index is 1.77. The molecule has 0 radical (unpaired) electrons. The van der Waals surface area contributed by atoms with Gasteiger partial charge in [-0.25, -0.2) is 0 Å². The molecular weight excluding hydrogens is 413 g/mol. The number of hydrogen-bond acceptors (Lipinski definition) is 3. The molecule has 6 heteroatoms. The Bertz CT molecular complexity index is 964. The van der Waals surface area contributed by atoms with Crippen LogP contribution in [0.15, 0.2) is 48.7 Å². The van der Waals surface area contributed by atoms with E-state index in [1.807, 2.05) is 36.5 Å². The van der Waals surface area contributed by atoms with Gasteiger partial charge in [0.05, 0.1) is 5.52 Å². The van der Waals surface area contributed by atoms with Gasteiger partial charge in [0.25, 0.3) is 0 Å². The number of hydrogen-bond donors (Lipinski definition) is 1. The number of nitrogens with two attached hydrogens (primary N) is 1. The highest BCUT2D eigenvalue weighted by molar-refractivity contribution is 6.34. The minimum Gasteiger partial charge on any atom is -0.364 e. The molecule has 3 aromatic rings. The van der Waals surface area contributed by atoms with Crippen molar-refractivity contribution in [1.82, 2.24) is 4.98 Å². The number of benzene rings is 2. The van der Waals surface area contributed by atoms with Gasteiger partial charge in [-0.2, -0.15) is 0 Å². The van der Waals surface area contributed by atoms with Crippen molar-refractivity contribution in [3.63, 3.8) is 0 Å². The van der Waals surface area contributed by atoms with Crippen molar-refractivity contribution in [2.24, 2.45) is 5.73 Å². The number of pyridine rings is 1. The van der Waals surface area contributed by atoms with Gasteiger partial charge in [-0.15, -0.1) is 0 Å². The molecule has 1 aromatic heterocycles. The largest absolute Gasteiger partial charge is 0.364 e. The number of anilines is 1. The molecule has 28 heavy (non-hydrogen) atoms. The topological polar surface area (TPSA) is 42.1 Å². The van der Waals surface area contributed by atoms with E-state index in [0.717, 1.165) is 54.4 Å². The summed E-state index contributed by atoms with van der Waals surface area (Å²) in [7, 11) is 0. The van der Waals surface area contributed by atoms with E-state index in [1.54, 1.807) is 6.07 Å². The van der Waals surface area contributed by atoms with Crippen LogP contribution >= 0.6 is 34.8 Å². The van der Waals surface area contributed by atoms with Crippen LogP contribution in [0.4, 0.5) is 5.69 Å². The summed E-state index contributed by atoms with van der Waals surface area (Å²) in [6.45, 7) is 0.724. The van der Waals surface area contributed by atoms with E-state index >= 15 is 0 Å². The molecule has 0 aliphatic heterocycles. The maximum absolute atomic E-state index is 6.25. The average Bonchev–Trinajstić information content (AvgIpc) is 2.65. The molecule has 1 heterocycles. The zero-order valence-corrected chi connectivity index (χ0v) is 17.7. The van der Waals surface area contributed by atoms with Gasteiger partial charge in [-0.3, -0.25) is 4.98 Å². The lowest BCUT2D eigenvalue weighted by atomic mass is 9.90. The Morgan fingerprint density at radius 1 is 0.893 bits per heavy atom. The van der Waals surface area contributed by atoms with E-state index in [0.29, 0.717) is 27.2 Å². The fourth-order valence-corrected chi connectivity index (χ4v) is 4.82. The molecule has 1 aliphatic rings. The van der Waals surface area contributed by atoms with E-state index in [2.05, 4.69) is 16.0 Å². The monoisotopic (exact) mass is 433 g/mol. The maximum Gasteiger partial charge on any atom is 0.0737 e. The zero-order valence-electron chi connectivity index (χ0n) is 15.4. The summed E-state index contributed by atoms with van der Waals surface area (Å²) in [6, 6.07) is 14.4. The molecule has 0 bridgehead atoms. The average molecular weight is 435 g/mol. The smallest absolute Gasteiger partial charge is 0.0737 e. The highest BCUT2D eigenvalue weighted by Crippen LogP contribution is 2.34. The van der Waals surface area contributed by atoms with Crippen molar-refractivity contribution in [1.29, 1.82) is 0 Å². The predicted molar refractivity (Wildman–Crippen MR) is 120 cm³/mol. The van der Waals surface area contributed by atoms with Crippen LogP contribution in [0.25, 0.3) is 10.9 Å². The second-order valence-electron chi connectivity index (χ2n) is 7.47. The number of fused-ring (bicyclic) bond motifs is 1. The van der Waals surface area contributed by atoms with E-state index in [9.17, 15) is 0 Å². The SMILES string of the molecule is NC1CCC(N(Cc2cc(Cl)cc(Cl)c2)c2ccnc3cc(Cl)ccc23)CC1. The first-order chi connectivity index (χ1) is 13.5. The molecular formula is C22H22Cl3N3. The molecule has 2 aromatic carbocycles. The van der Waals surface area contributed by atoms with Crippen molar-refractivity contribution < 1.29 is 0 Å². The summed E-state index contributed by atoms with van der Waals surface area (Å²) < 4.78 is 0. The van der Waals surface area contributed by atoms with Crippen LogP contribution in [0, 0.1) is 0 Å². The standard InChI is InChI=1S/C22H22Cl3N3/c23-15-1-6-20-21(12-15)27-8-7-22(20)28(19-4-2-18(26)3-5-19)13-14-9-16(24)11-17(25)10-14/h1,6-12,18-19H,2-5,13,26H2. The van der Waals surface area contributed by atoms with Crippen LogP contribution in [0.2, 0.25) is 15.1 Å². The second kappa shape index (κ2) is 8.46. The quantitative estimate of drug-likeness (QED) is 0.511. The van der Waals surface area contributed by atoms with E-state index < -0.39 is 0 Å². The van der Waals surface area contributed by atoms with Gasteiger partial charge in [0, 0.05) is 51.0 Å². The van der Waals surface area contributed by atoms with Crippen LogP contribution in [-0.4, -0.2) is 17.1 Å². The number of halogens is 3. The Kier molecular flexibility index (Phi) is 5.98. The Morgan fingerprint density at radius 2 is 1.61 bits per heavy atom. The Labute approximate surface area is 180 Å². The van der Waals surface area contributed by atoms with Crippen LogP contribution in [-0.2, 0) is 6.54 Å². The van der Waals surface area contributed by atoms with Crippen molar-refractivity contribution in [2.45, 2.75) is 44.3 Å². The molecule has 1 saturated carbocycles. The third-order valence-electron chi connectivity index (χ3n) is 5.45. The molecule has 1 aliphatic carbocycles. The first-order valence-electron chi connectivity index (χ1n) is 9.51. The highest BCUT2D eigenvalue weighted by atomic mass is 35.5. The fourth-order valence-electron chi connectivity index (χ4n) is 4.08. The van der Waals surface area contributed by atoms with E-state index in [-0.39, 0.29) is 0 Å². The van der Waals surface area contributed by atoms with Crippen LogP contribution in [0.1, 0.15) is 31.2 Å². The van der Waals surface area contributed by atoms with Gasteiger partial charge in [-0.1, -0.05) is 34.8 Å². The first-order valence-corrected chi connectivity index (χ1v) is 10.6. The molecule has 146 valence electrons. The highest BCUT2D eigenvalue weighted by Gasteiger charge is 2.26. The summed E-state index contributed by atoms with van der Waals surface area (Å²) in [5, 5.41) is 3.09. The normalized spacial score (nSPS) is 19.7. The second-order valence-corrected chi connectivity index (χ2v) is 8.78. The van der Waals surface area contributed by atoms with E-state index in [4.69, 9.17) is 40.5 Å². The fraction of sp³-hybridized carbons (Fsp3) is 0.318. The Morgan fingerprint density at radius 3 is 2.32 bits per heavy atom. The third kappa shape index (κ3) is 4.38. The van der Waals surface area contributed by atoms with Crippen molar-refractivity contribution in [2.75, 3.05) is 4.90 Å². The van der Waals surface area contributed by atoms with Gasteiger partial charge in [-0.05, 0) is 73.7 Å². The molecule has 3 nitrogen and oxygen atoms in total. The summed E-state index contributed by atoms with van der Waals surface area (Å²) in [5.74, 6) is 0. The lowest BCUT2D eigenvalue weighted by Crippen LogP contribution is -2.40. The maximum atomic E-state index is 6.25. The van der Waals surface area contributed by atoms with Crippen molar-refractivity contribution in [3.05, 3.63) is 69.3 Å². The summed E-state index contributed by atoms with van der Waals surface area (Å²) in [4.78, 5) is 6.95. The van der Waals surface area contributed by atoms with Gasteiger partial charge >= 0.3 is 0 Å². The summed E-state index contributed by atoms with van der Waals surface area (Å²) in [5.41, 5.74) is 9.29. The van der Waals surface area contributed by atoms with Crippen LogP contribution in [0.5, 0.6) is 0 Å². The number of aromatic nitrogens is 1. The van der Waals surface area contributed by atoms with Crippen LogP contribution in [0.3, 0.4) is 0 Å². The minimum atomic E-state index is 0.298. The molecule has 2 N–H and O–H groups in total. The van der Waals surface area contributed by atoms with Crippen LogP contribution < -0.4 is 10.6 Å². The minimum absolute atomic E-state index is 0.298. The molecule has 0 spiro atoms. The first kappa shape index (κ1) is 19.8. The van der Waals surface area contributed by atoms with Crippen molar-refractivity contribution >= 4 is 51.4 Å². The number of nitrogens with zero attached hydrogens (tertiary/aromatic N) is 2. The molecule has 1 fully saturated rings. The van der Waals surface area contributed by atoms with Gasteiger partial charge in [0.15, 0.2) is 0 Å². The lowest BCUT2D eigenvalue weighted by molar-refractivity contribution is 0.375. The zero-order chi connectivity index (χ0) is 19.7. The molecule has 0 atom stereocenters. The Hall–Kier alpha value is -1.52. The van der Waals surface area contributed by atoms with Gasteiger partial charge < -0.3 is 10.6 Å². The van der Waals surface area contributed by atoms with Gasteiger partial charge in [0.1, 0.15) is 0 Å². The summed E-state index contributed by atoms with van der Waals surface area (Å²) in [6.07, 6.45) is 6.04. The third-order valence-corrected chi connectivity index (χ3v) is 6.12. The summed E-state index contributed by atoms with van der Waals surface area (Å²) >= 11 is 18.7. The predicted octanol–water partition coefficient (Wildman–Crippen LogP) is 6.47. The van der Waals surface area contributed by atoms with E-state index in [1.165, 1.54) is 0 Å².